The number of hydrogen-bond acceptors (Lipinski definition) is 11. The van der Waals surface area contributed by atoms with E-state index in [4.69, 9.17) is 9.41 Å². The fourth-order valence-corrected chi connectivity index (χ4v) is 12.3. The lowest BCUT2D eigenvalue weighted by Gasteiger charge is -2.44. The summed E-state index contributed by atoms with van der Waals surface area (Å²) in [6, 6.07) is 34.0. The molecule has 11 rings (SSSR count). The first-order valence-electron chi connectivity index (χ1n) is 23.6. The third kappa shape index (κ3) is 8.27. The standard InChI is InChI=1S/C54H56N8O4S/c1-34-35(2)67-52-48(34)50(56-46(32-47-55-23-30-66-47)51-58-57-36(3)62(51)52)39-11-17-42(18-12-39)60-24-21-54(65,22-25-60)33-59-26-28-61(29-27-59)43-15-9-38(10-16-43)49-44(37-7-5-4-6-8-37)19-13-40-31-41(53(63)64)14-20-45(40)49/h4-12,14-18,20,23,30-31,44,46,49,65H,13,19,21-22,24-29,32-33H2,1-3H3,(H,63,64)/t44-,46+,49+/m1/s1. The lowest BCUT2D eigenvalue weighted by atomic mass is 9.69. The molecule has 2 saturated heterocycles. The third-order valence-electron chi connectivity index (χ3n) is 14.9. The largest absolute Gasteiger partial charge is 0.478 e. The third-order valence-corrected chi connectivity index (χ3v) is 16.1. The number of carboxylic acids is 1. The van der Waals surface area contributed by atoms with Crippen molar-refractivity contribution in [2.24, 2.45) is 4.99 Å². The fraction of sp³-hybridized carbons (Fsp3) is 0.352. The lowest BCUT2D eigenvalue weighted by Crippen LogP contribution is -2.55. The Labute approximate surface area is 395 Å². The first-order chi connectivity index (χ1) is 32.6. The van der Waals surface area contributed by atoms with Crippen molar-refractivity contribution in [2.45, 2.75) is 76.4 Å². The number of β-amino-alcohol motifs (C(OH)–C–C–N with tert-alkyl or cyclic N) is 1. The number of benzene rings is 4. The SMILES string of the molecule is Cc1sc2c(c1C)C(c1ccc(N3CCC(O)(CN4CCN(c5ccc([C@@H]6c7ccc(C(=O)O)cc7CC[C@@H]6c6ccccc6)cc5)CC4)CC3)cc1)=N[C@@H](Cc1ncco1)c1nnc(C)n1-2. The molecule has 0 saturated carbocycles. The van der Waals surface area contributed by atoms with Crippen LogP contribution >= 0.6 is 11.3 Å². The number of aromatic nitrogens is 4. The van der Waals surface area contributed by atoms with Crippen molar-refractivity contribution in [3.63, 3.8) is 0 Å². The number of carboxylic acid groups (broad SMARTS) is 1. The van der Waals surface area contributed by atoms with Crippen molar-refractivity contribution in [1.82, 2.24) is 24.6 Å². The predicted octanol–water partition coefficient (Wildman–Crippen LogP) is 9.09. The second kappa shape index (κ2) is 17.7. The van der Waals surface area contributed by atoms with Crippen molar-refractivity contribution < 1.29 is 19.4 Å². The van der Waals surface area contributed by atoms with Crippen molar-refractivity contribution in [1.29, 1.82) is 0 Å². The molecule has 12 nitrogen and oxygen atoms in total. The first-order valence-corrected chi connectivity index (χ1v) is 24.5. The lowest BCUT2D eigenvalue weighted by molar-refractivity contribution is -0.0173. The molecule has 4 aliphatic rings. The molecule has 3 atom stereocenters. The number of fused-ring (bicyclic) bond motifs is 4. The van der Waals surface area contributed by atoms with Crippen molar-refractivity contribution >= 4 is 34.4 Å². The van der Waals surface area contributed by atoms with Gasteiger partial charge in [0.1, 0.15) is 23.1 Å². The van der Waals surface area contributed by atoms with Gasteiger partial charge >= 0.3 is 5.97 Å². The summed E-state index contributed by atoms with van der Waals surface area (Å²) in [5, 5.41) is 31.8. The molecule has 0 radical (unpaired) electrons. The van der Waals surface area contributed by atoms with Gasteiger partial charge in [-0.05, 0) is 117 Å². The monoisotopic (exact) mass is 912 g/mol. The number of thiophene rings is 1. The van der Waals surface area contributed by atoms with E-state index in [1.54, 1.807) is 29.9 Å². The average molecular weight is 913 g/mol. The second-order valence-electron chi connectivity index (χ2n) is 18.9. The topological polar surface area (TPSA) is 136 Å². The first kappa shape index (κ1) is 43.2. The fourth-order valence-electron chi connectivity index (χ4n) is 11.1. The number of nitrogens with zero attached hydrogens (tertiary/aromatic N) is 8. The maximum absolute atomic E-state index is 11.9. The number of aliphatic hydroxyl groups is 1. The van der Waals surface area contributed by atoms with Gasteiger partial charge in [0.05, 0.1) is 29.5 Å². The van der Waals surface area contributed by atoms with Gasteiger partial charge in [0.2, 0.25) is 0 Å². The van der Waals surface area contributed by atoms with E-state index in [2.05, 4.69) is 127 Å². The number of piperidine rings is 1. The summed E-state index contributed by atoms with van der Waals surface area (Å²) < 4.78 is 7.83. The number of piperazine rings is 1. The summed E-state index contributed by atoms with van der Waals surface area (Å²) >= 11 is 1.75. The van der Waals surface area contributed by atoms with Crippen LogP contribution in [0.15, 0.2) is 119 Å². The van der Waals surface area contributed by atoms with Crippen LogP contribution in [-0.2, 0) is 12.8 Å². The van der Waals surface area contributed by atoms with E-state index in [1.165, 1.54) is 32.8 Å². The van der Waals surface area contributed by atoms with Crippen LogP contribution in [0.4, 0.5) is 11.4 Å². The van der Waals surface area contributed by atoms with E-state index in [-0.39, 0.29) is 12.0 Å². The van der Waals surface area contributed by atoms with Gasteiger partial charge in [0.25, 0.3) is 0 Å². The van der Waals surface area contributed by atoms with Gasteiger partial charge in [0, 0.05) is 79.1 Å². The van der Waals surface area contributed by atoms with Crippen LogP contribution in [0.2, 0.25) is 0 Å². The number of aryl methyl sites for hydroxylation is 3. The summed E-state index contributed by atoms with van der Waals surface area (Å²) in [4.78, 5) is 30.2. The van der Waals surface area contributed by atoms with E-state index in [0.717, 1.165) is 96.8 Å². The van der Waals surface area contributed by atoms with E-state index in [9.17, 15) is 15.0 Å². The van der Waals surface area contributed by atoms with Crippen LogP contribution in [0, 0.1) is 20.8 Å². The van der Waals surface area contributed by atoms with Crippen LogP contribution < -0.4 is 9.80 Å². The quantitative estimate of drug-likeness (QED) is 0.137. The summed E-state index contributed by atoms with van der Waals surface area (Å²) in [7, 11) is 0. The minimum Gasteiger partial charge on any atom is -0.478 e. The second-order valence-corrected chi connectivity index (χ2v) is 20.1. The number of aliphatic imine (C=N–C) groups is 1. The minimum absolute atomic E-state index is 0.149. The highest BCUT2D eigenvalue weighted by Crippen LogP contribution is 2.47. The molecule has 6 heterocycles. The number of carbonyl (C=O) groups is 1. The van der Waals surface area contributed by atoms with Crippen molar-refractivity contribution in [3.8, 4) is 5.00 Å². The zero-order valence-electron chi connectivity index (χ0n) is 38.3. The molecule has 0 bridgehead atoms. The number of anilines is 2. The van der Waals surface area contributed by atoms with Gasteiger partial charge in [-0.3, -0.25) is 14.5 Å². The zero-order valence-corrected chi connectivity index (χ0v) is 39.1. The number of rotatable bonds is 10. The summed E-state index contributed by atoms with van der Waals surface area (Å²) in [6.45, 7) is 12.2. The molecule has 7 aromatic rings. The molecule has 4 aromatic carbocycles. The minimum atomic E-state index is -0.879. The van der Waals surface area contributed by atoms with Gasteiger partial charge in [-0.1, -0.05) is 60.7 Å². The molecule has 3 aromatic heterocycles. The molecule has 342 valence electrons. The maximum Gasteiger partial charge on any atom is 0.335 e. The molecule has 2 fully saturated rings. The molecule has 13 heteroatoms. The molecule has 0 amide bonds. The highest BCUT2D eigenvalue weighted by atomic mass is 32.1. The van der Waals surface area contributed by atoms with Crippen LogP contribution in [0.3, 0.4) is 0 Å². The van der Waals surface area contributed by atoms with E-state index >= 15 is 0 Å². The molecular weight excluding hydrogens is 857 g/mol. The van der Waals surface area contributed by atoms with Crippen LogP contribution in [-0.4, -0.2) is 98.0 Å². The molecule has 0 spiro atoms. The summed E-state index contributed by atoms with van der Waals surface area (Å²) in [6.07, 6.45) is 7.01. The normalized spacial score (nSPS) is 20.4. The van der Waals surface area contributed by atoms with Crippen molar-refractivity contribution in [2.75, 3.05) is 55.6 Å². The van der Waals surface area contributed by atoms with Gasteiger partial charge in [-0.2, -0.15) is 0 Å². The van der Waals surface area contributed by atoms with Gasteiger partial charge in [-0.25, -0.2) is 9.78 Å². The molecule has 0 unspecified atom stereocenters. The maximum atomic E-state index is 11.9. The highest BCUT2D eigenvalue weighted by molar-refractivity contribution is 7.15. The van der Waals surface area contributed by atoms with Crippen LogP contribution in [0.25, 0.3) is 5.00 Å². The molecular formula is C54H56N8O4S. The number of aromatic carboxylic acids is 1. The number of hydrogen-bond donors (Lipinski definition) is 2. The Morgan fingerprint density at radius 3 is 2.25 bits per heavy atom. The Bertz CT molecular complexity index is 2930. The zero-order chi connectivity index (χ0) is 45.8. The van der Waals surface area contributed by atoms with Gasteiger partial charge in [-0.15, -0.1) is 21.5 Å². The molecule has 2 N–H and O–H groups in total. The Morgan fingerprint density at radius 2 is 1.55 bits per heavy atom. The Morgan fingerprint density at radius 1 is 0.836 bits per heavy atom. The molecule has 67 heavy (non-hydrogen) atoms. The van der Waals surface area contributed by atoms with Crippen LogP contribution in [0.1, 0.15) is 109 Å². The van der Waals surface area contributed by atoms with E-state index in [1.807, 2.05) is 19.1 Å². The highest BCUT2D eigenvalue weighted by Gasteiger charge is 2.37. The summed E-state index contributed by atoms with van der Waals surface area (Å²) in [5.74, 6) is 1.82. The number of oxazole rings is 1. The van der Waals surface area contributed by atoms with E-state index in [0.29, 0.717) is 43.2 Å². The Kier molecular flexibility index (Phi) is 11.4. The van der Waals surface area contributed by atoms with Gasteiger partial charge < -0.3 is 24.4 Å². The average Bonchev–Trinajstić information content (AvgIpc) is 4.07. The Hall–Kier alpha value is -6.41. The van der Waals surface area contributed by atoms with Crippen LogP contribution in [0.5, 0.6) is 0 Å². The predicted molar refractivity (Wildman–Crippen MR) is 263 cm³/mol. The van der Waals surface area contributed by atoms with Crippen molar-refractivity contribution in [3.05, 3.63) is 176 Å². The summed E-state index contributed by atoms with van der Waals surface area (Å²) in [5.41, 5.74) is 11.3. The molecule has 1 aliphatic carbocycles. The molecule has 3 aliphatic heterocycles. The van der Waals surface area contributed by atoms with E-state index < -0.39 is 11.6 Å². The van der Waals surface area contributed by atoms with Gasteiger partial charge in [0.15, 0.2) is 11.7 Å². The Balaban J connectivity index is 0.730. The smallest absolute Gasteiger partial charge is 0.335 e.